The zero-order valence-corrected chi connectivity index (χ0v) is 15.2. The van der Waals surface area contributed by atoms with E-state index in [0.717, 1.165) is 0 Å². The van der Waals surface area contributed by atoms with Crippen LogP contribution in [0.2, 0.25) is 5.02 Å². The second-order valence-corrected chi connectivity index (χ2v) is 6.02. The lowest BCUT2D eigenvalue weighted by atomic mass is 10.2. The molecule has 1 N–H and O–H groups in total. The third-order valence-electron chi connectivity index (χ3n) is 2.94. The Morgan fingerprint density at radius 1 is 1.25 bits per heavy atom. The Morgan fingerprint density at radius 2 is 1.96 bits per heavy atom. The van der Waals surface area contributed by atoms with Gasteiger partial charge < -0.3 is 14.8 Å². The minimum absolute atomic E-state index is 0.207. The van der Waals surface area contributed by atoms with Gasteiger partial charge in [-0.25, -0.2) is 0 Å². The second-order valence-electron chi connectivity index (χ2n) is 4.72. The SMILES string of the molecule is CCOc1cc(C=O)cc(Br)c1OCC(=O)Nc1ccc(Cl)cc1. The van der Waals surface area contributed by atoms with Gasteiger partial charge in [0.15, 0.2) is 18.1 Å². The number of nitrogens with one attached hydrogen (secondary N) is 1. The van der Waals surface area contributed by atoms with Gasteiger partial charge >= 0.3 is 0 Å². The van der Waals surface area contributed by atoms with Crippen molar-refractivity contribution in [3.63, 3.8) is 0 Å². The summed E-state index contributed by atoms with van der Waals surface area (Å²) in [7, 11) is 0. The lowest BCUT2D eigenvalue weighted by Gasteiger charge is -2.14. The van der Waals surface area contributed by atoms with Crippen LogP contribution in [0.15, 0.2) is 40.9 Å². The van der Waals surface area contributed by atoms with Crippen molar-refractivity contribution < 1.29 is 19.1 Å². The molecule has 0 heterocycles. The molecule has 0 aliphatic heterocycles. The van der Waals surface area contributed by atoms with Crippen LogP contribution in [-0.4, -0.2) is 25.4 Å². The van der Waals surface area contributed by atoms with Crippen molar-refractivity contribution >= 4 is 45.4 Å². The van der Waals surface area contributed by atoms with E-state index in [9.17, 15) is 9.59 Å². The molecule has 0 bridgehead atoms. The first-order valence-electron chi connectivity index (χ1n) is 7.13. The lowest BCUT2D eigenvalue weighted by molar-refractivity contribution is -0.118. The second kappa shape index (κ2) is 8.70. The van der Waals surface area contributed by atoms with Gasteiger partial charge in [0.2, 0.25) is 0 Å². The first kappa shape index (κ1) is 18.3. The van der Waals surface area contributed by atoms with Crippen molar-refractivity contribution in [2.24, 2.45) is 0 Å². The maximum Gasteiger partial charge on any atom is 0.262 e. The Balaban J connectivity index is 2.06. The first-order valence-corrected chi connectivity index (χ1v) is 8.30. The van der Waals surface area contributed by atoms with Gasteiger partial charge in [-0.05, 0) is 59.3 Å². The maximum absolute atomic E-state index is 12.0. The Labute approximate surface area is 153 Å². The average Bonchev–Trinajstić information content (AvgIpc) is 2.56. The van der Waals surface area contributed by atoms with Crippen molar-refractivity contribution in [2.45, 2.75) is 6.92 Å². The summed E-state index contributed by atoms with van der Waals surface area (Å²) >= 11 is 9.12. The number of carbonyl (C=O) groups excluding carboxylic acids is 2. The number of hydrogen-bond donors (Lipinski definition) is 1. The molecule has 0 atom stereocenters. The Morgan fingerprint density at radius 3 is 2.58 bits per heavy atom. The minimum Gasteiger partial charge on any atom is -0.490 e. The Hall–Kier alpha value is -2.05. The molecule has 0 aromatic heterocycles. The number of carbonyl (C=O) groups is 2. The van der Waals surface area contributed by atoms with Gasteiger partial charge in [0.25, 0.3) is 5.91 Å². The van der Waals surface area contributed by atoms with Crippen LogP contribution >= 0.6 is 27.5 Å². The predicted octanol–water partition coefficient (Wildman–Crippen LogP) is 4.33. The Bertz CT molecular complexity index is 734. The molecule has 0 aliphatic carbocycles. The van der Waals surface area contributed by atoms with Gasteiger partial charge in [0.1, 0.15) is 6.29 Å². The number of amides is 1. The number of halogens is 2. The van der Waals surface area contributed by atoms with E-state index in [1.807, 2.05) is 6.92 Å². The third-order valence-corrected chi connectivity index (χ3v) is 3.78. The number of hydrogen-bond acceptors (Lipinski definition) is 4. The van der Waals surface area contributed by atoms with E-state index in [4.69, 9.17) is 21.1 Å². The van der Waals surface area contributed by atoms with Crippen molar-refractivity contribution in [1.82, 2.24) is 0 Å². The highest BCUT2D eigenvalue weighted by atomic mass is 79.9. The van der Waals surface area contributed by atoms with Crippen LogP contribution in [0, 0.1) is 0 Å². The van der Waals surface area contributed by atoms with Crippen LogP contribution in [0.4, 0.5) is 5.69 Å². The summed E-state index contributed by atoms with van der Waals surface area (Å²) in [6.07, 6.45) is 0.713. The standard InChI is InChI=1S/C17H15BrClNO4/c1-2-23-15-8-11(9-21)7-14(18)17(15)24-10-16(22)20-13-5-3-12(19)4-6-13/h3-9H,2,10H2,1H3,(H,20,22). The molecule has 24 heavy (non-hydrogen) atoms. The molecule has 0 spiro atoms. The van der Waals surface area contributed by atoms with Gasteiger partial charge in [-0.2, -0.15) is 0 Å². The monoisotopic (exact) mass is 411 g/mol. The zero-order valence-electron chi connectivity index (χ0n) is 12.8. The largest absolute Gasteiger partial charge is 0.490 e. The fraction of sp³-hybridized carbons (Fsp3) is 0.176. The number of ether oxygens (including phenoxy) is 2. The molecule has 0 saturated carbocycles. The first-order chi connectivity index (χ1) is 11.5. The van der Waals surface area contributed by atoms with Crippen LogP contribution in [0.25, 0.3) is 0 Å². The number of rotatable bonds is 7. The van der Waals surface area contributed by atoms with E-state index in [-0.39, 0.29) is 12.5 Å². The Kier molecular flexibility index (Phi) is 6.63. The number of anilines is 1. The highest BCUT2D eigenvalue weighted by Crippen LogP contribution is 2.36. The zero-order chi connectivity index (χ0) is 17.5. The molecule has 2 aromatic rings. The highest BCUT2D eigenvalue weighted by molar-refractivity contribution is 9.10. The van der Waals surface area contributed by atoms with E-state index < -0.39 is 0 Å². The maximum atomic E-state index is 12.0. The van der Waals surface area contributed by atoms with E-state index in [1.54, 1.807) is 36.4 Å². The topological polar surface area (TPSA) is 64.6 Å². The quantitative estimate of drug-likeness (QED) is 0.687. The van der Waals surface area contributed by atoms with E-state index in [1.165, 1.54) is 0 Å². The van der Waals surface area contributed by atoms with Gasteiger partial charge in [0.05, 0.1) is 11.1 Å². The molecular weight excluding hydrogens is 398 g/mol. The van der Waals surface area contributed by atoms with Crippen LogP contribution in [-0.2, 0) is 4.79 Å². The number of aldehydes is 1. The molecule has 2 aromatic carbocycles. The van der Waals surface area contributed by atoms with E-state index in [2.05, 4.69) is 21.2 Å². The van der Waals surface area contributed by atoms with E-state index in [0.29, 0.717) is 45.1 Å². The molecule has 5 nitrogen and oxygen atoms in total. The molecular formula is C17H15BrClNO4. The van der Waals surface area contributed by atoms with E-state index >= 15 is 0 Å². The summed E-state index contributed by atoms with van der Waals surface area (Å²) in [5.41, 5.74) is 1.07. The minimum atomic E-state index is -0.328. The normalized spacial score (nSPS) is 10.1. The van der Waals surface area contributed by atoms with Crippen molar-refractivity contribution in [3.05, 3.63) is 51.5 Å². The lowest BCUT2D eigenvalue weighted by Crippen LogP contribution is -2.20. The van der Waals surface area contributed by atoms with Gasteiger partial charge in [-0.1, -0.05) is 11.6 Å². The van der Waals surface area contributed by atoms with Crippen LogP contribution in [0.5, 0.6) is 11.5 Å². The van der Waals surface area contributed by atoms with Crippen LogP contribution in [0.1, 0.15) is 17.3 Å². The van der Waals surface area contributed by atoms with Crippen molar-refractivity contribution in [1.29, 1.82) is 0 Å². The predicted molar refractivity (Wildman–Crippen MR) is 96.3 cm³/mol. The number of benzene rings is 2. The molecule has 126 valence electrons. The highest BCUT2D eigenvalue weighted by Gasteiger charge is 2.14. The summed E-state index contributed by atoms with van der Waals surface area (Å²) in [6, 6.07) is 9.91. The average molecular weight is 413 g/mol. The van der Waals surface area contributed by atoms with Crippen molar-refractivity contribution in [3.8, 4) is 11.5 Å². The molecule has 0 saturated heterocycles. The van der Waals surface area contributed by atoms with Crippen molar-refractivity contribution in [2.75, 3.05) is 18.5 Å². The summed E-state index contributed by atoms with van der Waals surface area (Å²) in [4.78, 5) is 22.9. The molecule has 7 heteroatoms. The summed E-state index contributed by atoms with van der Waals surface area (Å²) < 4.78 is 11.6. The molecule has 1 amide bonds. The van der Waals surface area contributed by atoms with Gasteiger partial charge in [-0.15, -0.1) is 0 Å². The molecule has 0 fully saturated rings. The van der Waals surface area contributed by atoms with Gasteiger partial charge in [-0.3, -0.25) is 9.59 Å². The molecule has 0 radical (unpaired) electrons. The van der Waals surface area contributed by atoms with Crippen LogP contribution in [0.3, 0.4) is 0 Å². The summed E-state index contributed by atoms with van der Waals surface area (Å²) in [5, 5.41) is 3.29. The molecule has 0 aliphatic rings. The van der Waals surface area contributed by atoms with Gasteiger partial charge in [0, 0.05) is 16.3 Å². The summed E-state index contributed by atoms with van der Waals surface area (Å²) in [5.74, 6) is 0.438. The summed E-state index contributed by atoms with van der Waals surface area (Å²) in [6.45, 7) is 2.02. The molecule has 0 unspecified atom stereocenters. The third kappa shape index (κ3) is 4.97. The van der Waals surface area contributed by atoms with Crippen LogP contribution < -0.4 is 14.8 Å². The fourth-order valence-electron chi connectivity index (χ4n) is 1.93. The smallest absolute Gasteiger partial charge is 0.262 e. The fourth-order valence-corrected chi connectivity index (χ4v) is 2.63. The molecule has 2 rings (SSSR count).